The van der Waals surface area contributed by atoms with Gasteiger partial charge in [-0.2, -0.15) is 0 Å². The number of ether oxygens (including phenoxy) is 1. The van der Waals surface area contributed by atoms with Crippen molar-refractivity contribution in [2.75, 3.05) is 11.9 Å². The van der Waals surface area contributed by atoms with E-state index < -0.39 is 0 Å². The molecule has 0 atom stereocenters. The molecule has 0 saturated carbocycles. The third-order valence-corrected chi connectivity index (χ3v) is 4.33. The van der Waals surface area contributed by atoms with Crippen LogP contribution in [0.2, 0.25) is 5.15 Å². The second-order valence-electron chi connectivity index (χ2n) is 4.83. The van der Waals surface area contributed by atoms with Gasteiger partial charge in [0.05, 0.1) is 16.8 Å². The molecule has 2 heterocycles. The van der Waals surface area contributed by atoms with Crippen molar-refractivity contribution < 1.29 is 9.53 Å². The molecule has 0 radical (unpaired) electrons. The van der Waals surface area contributed by atoms with Crippen LogP contribution in [0.4, 0.5) is 5.13 Å². The highest BCUT2D eigenvalue weighted by Gasteiger charge is 2.09. The zero-order valence-corrected chi connectivity index (χ0v) is 14.2. The molecule has 0 aliphatic carbocycles. The van der Waals surface area contributed by atoms with Crippen molar-refractivity contribution in [3.05, 3.63) is 35.6 Å². The molecule has 0 saturated heterocycles. The topological polar surface area (TPSA) is 64.1 Å². The fourth-order valence-electron chi connectivity index (χ4n) is 2.15. The van der Waals surface area contributed by atoms with Crippen molar-refractivity contribution in [2.24, 2.45) is 0 Å². The minimum Gasteiger partial charge on any atom is -0.491 e. The van der Waals surface area contributed by atoms with Crippen LogP contribution in [0, 0.1) is 0 Å². The maximum absolute atomic E-state index is 11.1. The average Bonchev–Trinajstić information content (AvgIpc) is 2.90. The van der Waals surface area contributed by atoms with Crippen LogP contribution in [0.5, 0.6) is 5.75 Å². The van der Waals surface area contributed by atoms with E-state index in [1.165, 1.54) is 18.3 Å². The molecule has 2 aromatic heterocycles. The van der Waals surface area contributed by atoms with E-state index in [4.69, 9.17) is 16.3 Å². The largest absolute Gasteiger partial charge is 0.491 e. The van der Waals surface area contributed by atoms with Gasteiger partial charge in [-0.05, 0) is 30.7 Å². The van der Waals surface area contributed by atoms with Gasteiger partial charge in [-0.1, -0.05) is 29.0 Å². The number of carbonyl (C=O) groups excluding carboxylic acids is 1. The molecule has 0 fully saturated rings. The summed E-state index contributed by atoms with van der Waals surface area (Å²) in [4.78, 5) is 19.7. The quantitative estimate of drug-likeness (QED) is 0.712. The highest BCUT2D eigenvalue weighted by Crippen LogP contribution is 2.33. The number of amides is 1. The lowest BCUT2D eigenvalue weighted by Crippen LogP contribution is -2.04. The Labute approximate surface area is 142 Å². The van der Waals surface area contributed by atoms with Crippen molar-refractivity contribution in [1.82, 2.24) is 9.97 Å². The summed E-state index contributed by atoms with van der Waals surface area (Å²) >= 11 is 7.46. The summed E-state index contributed by atoms with van der Waals surface area (Å²) in [5.74, 6) is 0.433. The Kier molecular flexibility index (Phi) is 4.45. The van der Waals surface area contributed by atoms with Crippen LogP contribution in [-0.2, 0) is 4.79 Å². The number of halogens is 1. The van der Waals surface area contributed by atoms with Gasteiger partial charge in [0.2, 0.25) is 5.91 Å². The number of aromatic nitrogens is 2. The van der Waals surface area contributed by atoms with Gasteiger partial charge in [-0.15, -0.1) is 0 Å². The number of nitrogens with one attached hydrogen (secondary N) is 1. The number of nitrogens with zero attached hydrogens (tertiary/aromatic N) is 2. The lowest BCUT2D eigenvalue weighted by Gasteiger charge is -2.07. The van der Waals surface area contributed by atoms with Crippen LogP contribution >= 0.6 is 22.9 Å². The molecule has 0 aliphatic heterocycles. The van der Waals surface area contributed by atoms with Crippen molar-refractivity contribution in [3.8, 4) is 16.9 Å². The number of hydrogen-bond acceptors (Lipinski definition) is 5. The number of hydrogen-bond donors (Lipinski definition) is 1. The summed E-state index contributed by atoms with van der Waals surface area (Å²) in [5.41, 5.74) is 2.74. The zero-order chi connectivity index (χ0) is 16.4. The van der Waals surface area contributed by atoms with Crippen LogP contribution in [0.1, 0.15) is 13.8 Å². The van der Waals surface area contributed by atoms with E-state index >= 15 is 0 Å². The van der Waals surface area contributed by atoms with E-state index in [-0.39, 0.29) is 5.91 Å². The van der Waals surface area contributed by atoms with Crippen molar-refractivity contribution in [3.63, 3.8) is 0 Å². The van der Waals surface area contributed by atoms with E-state index in [1.807, 2.05) is 31.2 Å². The maximum Gasteiger partial charge on any atom is 0.223 e. The Morgan fingerprint density at radius 3 is 2.91 bits per heavy atom. The molecule has 1 amide bonds. The predicted octanol–water partition coefficient (Wildman–Crippen LogP) is 4.37. The Hall–Kier alpha value is -2.18. The monoisotopic (exact) mass is 347 g/mol. The minimum absolute atomic E-state index is 0.132. The first-order chi connectivity index (χ1) is 11.1. The summed E-state index contributed by atoms with van der Waals surface area (Å²) in [6.45, 7) is 3.89. The summed E-state index contributed by atoms with van der Waals surface area (Å²) in [7, 11) is 0. The number of benzene rings is 1. The van der Waals surface area contributed by atoms with E-state index in [0.717, 1.165) is 21.3 Å². The summed E-state index contributed by atoms with van der Waals surface area (Å²) < 4.78 is 6.47. The van der Waals surface area contributed by atoms with Gasteiger partial charge in [0.25, 0.3) is 0 Å². The van der Waals surface area contributed by atoms with Crippen LogP contribution in [0.15, 0.2) is 30.5 Å². The molecular formula is C16H14ClN3O2S. The van der Waals surface area contributed by atoms with Crippen molar-refractivity contribution in [2.45, 2.75) is 13.8 Å². The second kappa shape index (κ2) is 6.52. The number of fused-ring (bicyclic) bond motifs is 1. The molecule has 0 unspecified atom stereocenters. The standard InChI is InChI=1S/C16H14ClN3O2S/c1-3-22-13-6-11(8-18-15(13)17)10-4-5-12-14(7-10)23-16(20-12)19-9(2)21/h4-8H,3H2,1-2H3,(H,19,20,21). The summed E-state index contributed by atoms with van der Waals surface area (Å²) in [6, 6.07) is 7.76. The Balaban J connectivity index is 1.99. The first-order valence-corrected chi connectivity index (χ1v) is 8.23. The first-order valence-electron chi connectivity index (χ1n) is 7.03. The molecule has 1 N–H and O–H groups in total. The lowest BCUT2D eigenvalue weighted by molar-refractivity contribution is -0.114. The second-order valence-corrected chi connectivity index (χ2v) is 6.22. The molecular weight excluding hydrogens is 334 g/mol. The van der Waals surface area contributed by atoms with Crippen LogP contribution in [0.25, 0.3) is 21.3 Å². The molecule has 0 bridgehead atoms. The van der Waals surface area contributed by atoms with E-state index in [0.29, 0.717) is 22.6 Å². The first kappa shape index (κ1) is 15.7. The molecule has 5 nitrogen and oxygen atoms in total. The highest BCUT2D eigenvalue weighted by molar-refractivity contribution is 7.22. The number of thiazole rings is 1. The van der Waals surface area contributed by atoms with E-state index in [1.54, 1.807) is 6.20 Å². The Morgan fingerprint density at radius 1 is 1.35 bits per heavy atom. The molecule has 0 spiro atoms. The van der Waals surface area contributed by atoms with Gasteiger partial charge < -0.3 is 10.1 Å². The third kappa shape index (κ3) is 3.43. The van der Waals surface area contributed by atoms with Crippen molar-refractivity contribution in [1.29, 1.82) is 0 Å². The fourth-order valence-corrected chi connectivity index (χ4v) is 3.26. The number of carbonyl (C=O) groups is 1. The van der Waals surface area contributed by atoms with Gasteiger partial charge in [-0.3, -0.25) is 4.79 Å². The third-order valence-electron chi connectivity index (χ3n) is 3.11. The lowest BCUT2D eigenvalue weighted by atomic mass is 10.1. The van der Waals surface area contributed by atoms with Crippen LogP contribution in [-0.4, -0.2) is 22.5 Å². The predicted molar refractivity (Wildman–Crippen MR) is 93.3 cm³/mol. The maximum atomic E-state index is 11.1. The highest BCUT2D eigenvalue weighted by atomic mass is 35.5. The zero-order valence-electron chi connectivity index (χ0n) is 12.6. The van der Waals surface area contributed by atoms with E-state index in [2.05, 4.69) is 15.3 Å². The minimum atomic E-state index is -0.132. The Bertz CT molecular complexity index is 879. The van der Waals surface area contributed by atoms with Gasteiger partial charge in [0, 0.05) is 18.7 Å². The molecule has 3 rings (SSSR count). The summed E-state index contributed by atoms with van der Waals surface area (Å²) in [5, 5.41) is 3.65. The van der Waals surface area contributed by atoms with Crippen LogP contribution < -0.4 is 10.1 Å². The van der Waals surface area contributed by atoms with Gasteiger partial charge in [-0.25, -0.2) is 9.97 Å². The number of anilines is 1. The smallest absolute Gasteiger partial charge is 0.223 e. The molecule has 118 valence electrons. The molecule has 23 heavy (non-hydrogen) atoms. The van der Waals surface area contributed by atoms with Gasteiger partial charge in [0.15, 0.2) is 16.0 Å². The number of rotatable bonds is 4. The molecule has 7 heteroatoms. The van der Waals surface area contributed by atoms with Gasteiger partial charge >= 0.3 is 0 Å². The fraction of sp³-hybridized carbons (Fsp3) is 0.188. The molecule has 3 aromatic rings. The molecule has 1 aromatic carbocycles. The average molecular weight is 348 g/mol. The number of pyridine rings is 1. The van der Waals surface area contributed by atoms with E-state index in [9.17, 15) is 4.79 Å². The molecule has 0 aliphatic rings. The van der Waals surface area contributed by atoms with Crippen LogP contribution in [0.3, 0.4) is 0 Å². The van der Waals surface area contributed by atoms with Gasteiger partial charge in [0.1, 0.15) is 0 Å². The Morgan fingerprint density at radius 2 is 2.17 bits per heavy atom. The van der Waals surface area contributed by atoms with Crippen molar-refractivity contribution >= 4 is 44.2 Å². The summed E-state index contributed by atoms with van der Waals surface area (Å²) in [6.07, 6.45) is 1.71. The normalized spacial score (nSPS) is 10.7. The SMILES string of the molecule is CCOc1cc(-c2ccc3nc(NC(C)=O)sc3c2)cnc1Cl.